The van der Waals surface area contributed by atoms with Gasteiger partial charge in [-0.3, -0.25) is 19.7 Å². The fourth-order valence-corrected chi connectivity index (χ4v) is 6.46. The molecule has 1 aliphatic rings. The lowest BCUT2D eigenvalue weighted by molar-refractivity contribution is -0.132. The van der Waals surface area contributed by atoms with E-state index >= 15 is 0 Å². The molecule has 6 rings (SSSR count). The minimum atomic E-state index is -0.341. The molecular formula is C45H49N7O4. The quantitative estimate of drug-likeness (QED) is 0.110. The Morgan fingerprint density at radius 2 is 1.36 bits per heavy atom. The molecule has 0 radical (unpaired) electrons. The molecule has 11 heteroatoms. The predicted molar refractivity (Wildman–Crippen MR) is 223 cm³/mol. The van der Waals surface area contributed by atoms with Gasteiger partial charge in [0.15, 0.2) is 0 Å². The van der Waals surface area contributed by atoms with Gasteiger partial charge in [0.05, 0.1) is 30.2 Å². The first-order valence-corrected chi connectivity index (χ1v) is 18.7. The highest BCUT2D eigenvalue weighted by Crippen LogP contribution is 2.34. The second-order valence-corrected chi connectivity index (χ2v) is 14.1. The molecule has 0 atom stereocenters. The van der Waals surface area contributed by atoms with Gasteiger partial charge in [-0.05, 0) is 66.1 Å². The van der Waals surface area contributed by atoms with Crippen LogP contribution in [-0.4, -0.2) is 74.8 Å². The predicted octanol–water partition coefficient (Wildman–Crippen LogP) is 7.08. The minimum Gasteiger partial charge on any atom is -0.493 e. The Balaban J connectivity index is 1.16. The monoisotopic (exact) mass is 751 g/mol. The van der Waals surface area contributed by atoms with Crippen LogP contribution in [0.1, 0.15) is 39.9 Å². The third kappa shape index (κ3) is 10.3. The van der Waals surface area contributed by atoms with Crippen LogP contribution >= 0.6 is 0 Å². The van der Waals surface area contributed by atoms with Gasteiger partial charge in [0.1, 0.15) is 12.3 Å². The zero-order valence-electron chi connectivity index (χ0n) is 32.4. The molecule has 0 bridgehead atoms. The van der Waals surface area contributed by atoms with Crippen LogP contribution < -0.4 is 25.2 Å². The Kier molecular flexibility index (Phi) is 13.0. The van der Waals surface area contributed by atoms with Gasteiger partial charge in [-0.25, -0.2) is 4.99 Å². The molecule has 0 saturated heterocycles. The van der Waals surface area contributed by atoms with Crippen LogP contribution in [0.4, 0.5) is 22.7 Å². The molecule has 5 aromatic rings. The molecule has 288 valence electrons. The van der Waals surface area contributed by atoms with Crippen LogP contribution in [-0.2, 0) is 29.2 Å². The molecule has 0 fully saturated rings. The van der Waals surface area contributed by atoms with Gasteiger partial charge in [0, 0.05) is 64.5 Å². The number of para-hydroxylation sites is 2. The Morgan fingerprint density at radius 1 is 0.714 bits per heavy atom. The minimum absolute atomic E-state index is 0.0470. The molecule has 0 unspecified atom stereocenters. The van der Waals surface area contributed by atoms with Crippen molar-refractivity contribution >= 4 is 46.4 Å². The summed E-state index contributed by atoms with van der Waals surface area (Å²) < 4.78 is 6.31. The van der Waals surface area contributed by atoms with Crippen molar-refractivity contribution < 1.29 is 19.1 Å². The zero-order valence-corrected chi connectivity index (χ0v) is 32.4. The van der Waals surface area contributed by atoms with E-state index in [1.807, 2.05) is 158 Å². The van der Waals surface area contributed by atoms with Crippen LogP contribution in [0.15, 0.2) is 132 Å². The van der Waals surface area contributed by atoms with E-state index in [4.69, 9.17) is 9.73 Å². The molecule has 5 aromatic carbocycles. The molecule has 1 aliphatic heterocycles. The summed E-state index contributed by atoms with van der Waals surface area (Å²) in [5.41, 5.74) is 6.52. The van der Waals surface area contributed by atoms with E-state index in [9.17, 15) is 14.4 Å². The van der Waals surface area contributed by atoms with Crippen LogP contribution in [0.3, 0.4) is 0 Å². The van der Waals surface area contributed by atoms with Crippen molar-refractivity contribution in [2.75, 3.05) is 56.5 Å². The van der Waals surface area contributed by atoms with E-state index in [1.165, 1.54) is 0 Å². The highest BCUT2D eigenvalue weighted by molar-refractivity contribution is 6.08. The summed E-state index contributed by atoms with van der Waals surface area (Å²) in [6.45, 7) is 1.52. The topological polar surface area (TPSA) is 110 Å². The van der Waals surface area contributed by atoms with Crippen molar-refractivity contribution in [3.8, 4) is 5.75 Å². The van der Waals surface area contributed by atoms with Gasteiger partial charge >= 0.3 is 0 Å². The third-order valence-electron chi connectivity index (χ3n) is 9.43. The Bertz CT molecular complexity index is 2100. The second-order valence-electron chi connectivity index (χ2n) is 14.1. The summed E-state index contributed by atoms with van der Waals surface area (Å²) in [7, 11) is 7.71. The number of nitrogens with one attached hydrogen (secondary N) is 2. The average Bonchev–Trinajstić information content (AvgIpc) is 3.20. The number of carbonyl (C=O) groups is 3. The first-order valence-electron chi connectivity index (χ1n) is 18.7. The highest BCUT2D eigenvalue weighted by Gasteiger charge is 2.27. The summed E-state index contributed by atoms with van der Waals surface area (Å²) >= 11 is 0. The van der Waals surface area contributed by atoms with Gasteiger partial charge in [-0.15, -0.1) is 0 Å². The Hall–Kier alpha value is -6.62. The van der Waals surface area contributed by atoms with Crippen LogP contribution in [0.5, 0.6) is 5.75 Å². The van der Waals surface area contributed by atoms with E-state index in [0.717, 1.165) is 28.1 Å². The van der Waals surface area contributed by atoms with Crippen LogP contribution in [0, 0.1) is 0 Å². The molecule has 56 heavy (non-hydrogen) atoms. The molecule has 2 N–H and O–H groups in total. The lowest BCUT2D eigenvalue weighted by atomic mass is 10.1. The summed E-state index contributed by atoms with van der Waals surface area (Å²) in [6, 6.07) is 40.4. The fraction of sp³-hybridized carbons (Fsp3) is 0.244. The summed E-state index contributed by atoms with van der Waals surface area (Å²) in [5, 5.41) is 5.99. The average molecular weight is 752 g/mol. The SMILES string of the molecule is CN(C)c1ccc(C(=O)NC2=Nc3cccc(OCCCC(=O)N(Cc4ccccc4)Cc4ccccc4)c3CN2CC(=O)Nc2ccccc2N(C)C)cc1. The fourth-order valence-electron chi connectivity index (χ4n) is 6.46. The number of amides is 3. The van der Waals surface area contributed by atoms with Crippen molar-refractivity contribution in [1.29, 1.82) is 0 Å². The number of aliphatic imine (C=N–C) groups is 1. The second kappa shape index (κ2) is 18.6. The maximum absolute atomic E-state index is 13.6. The molecule has 11 nitrogen and oxygen atoms in total. The Morgan fingerprint density at radius 3 is 2.00 bits per heavy atom. The standard InChI is InChI=1S/C45H49N7O4/c1-49(2)36-26-24-35(25-27-36)44(55)48-45-47-38-20-13-22-41(37(38)31-52(45)32-42(53)46-39-19-11-12-21-40(39)50(3)4)56-28-14-23-43(54)51(29-33-15-7-5-8-16-33)30-34-17-9-6-10-18-34/h5-13,15-22,24-27H,14,23,28-32H2,1-4H3,(H,46,53)(H,47,48,55). The van der Waals surface area contributed by atoms with Crippen molar-refractivity contribution in [2.24, 2.45) is 4.99 Å². The maximum Gasteiger partial charge on any atom is 0.257 e. The number of ether oxygens (including phenoxy) is 1. The van der Waals surface area contributed by atoms with Crippen molar-refractivity contribution in [1.82, 2.24) is 15.1 Å². The van der Waals surface area contributed by atoms with Crippen molar-refractivity contribution in [3.63, 3.8) is 0 Å². The van der Waals surface area contributed by atoms with E-state index in [2.05, 4.69) is 10.6 Å². The number of guanidine groups is 1. The molecule has 3 amide bonds. The van der Waals surface area contributed by atoms with Gasteiger partial charge in [0.25, 0.3) is 5.91 Å². The first kappa shape index (κ1) is 39.1. The molecule has 0 saturated carbocycles. The van der Waals surface area contributed by atoms with Crippen molar-refractivity contribution in [2.45, 2.75) is 32.5 Å². The molecule has 0 aliphatic carbocycles. The molecule has 0 aromatic heterocycles. The van der Waals surface area contributed by atoms with Crippen molar-refractivity contribution in [3.05, 3.63) is 150 Å². The number of carbonyl (C=O) groups excluding carboxylic acids is 3. The zero-order chi connectivity index (χ0) is 39.4. The summed E-state index contributed by atoms with van der Waals surface area (Å²) in [4.78, 5) is 53.0. The van der Waals surface area contributed by atoms with Crippen LogP contribution in [0.25, 0.3) is 0 Å². The summed E-state index contributed by atoms with van der Waals surface area (Å²) in [6.07, 6.45) is 0.830. The lowest BCUT2D eigenvalue weighted by Gasteiger charge is -2.31. The smallest absolute Gasteiger partial charge is 0.257 e. The number of benzene rings is 5. The van der Waals surface area contributed by atoms with E-state index in [-0.39, 0.29) is 36.8 Å². The maximum atomic E-state index is 13.6. The normalized spacial score (nSPS) is 11.9. The number of hydrogen-bond donors (Lipinski definition) is 2. The molecular weight excluding hydrogens is 703 g/mol. The first-order chi connectivity index (χ1) is 27.1. The molecule has 1 heterocycles. The number of rotatable bonds is 15. The summed E-state index contributed by atoms with van der Waals surface area (Å²) in [5.74, 6) is 0.303. The van der Waals surface area contributed by atoms with Gasteiger partial charge < -0.3 is 29.7 Å². The third-order valence-corrected chi connectivity index (χ3v) is 9.43. The lowest BCUT2D eigenvalue weighted by Crippen LogP contribution is -2.48. The Labute approximate surface area is 329 Å². The number of nitrogens with zero attached hydrogens (tertiary/aromatic N) is 5. The largest absolute Gasteiger partial charge is 0.493 e. The van der Waals surface area contributed by atoms with Gasteiger partial charge in [-0.1, -0.05) is 78.9 Å². The van der Waals surface area contributed by atoms with E-state index < -0.39 is 0 Å². The number of hydrogen-bond acceptors (Lipinski definition) is 8. The van der Waals surface area contributed by atoms with E-state index in [0.29, 0.717) is 55.2 Å². The van der Waals surface area contributed by atoms with Gasteiger partial charge in [0.2, 0.25) is 17.8 Å². The molecule has 0 spiro atoms. The number of fused-ring (bicyclic) bond motifs is 1. The van der Waals surface area contributed by atoms with Gasteiger partial charge in [-0.2, -0.15) is 0 Å². The number of anilines is 3. The highest BCUT2D eigenvalue weighted by atomic mass is 16.5. The van der Waals surface area contributed by atoms with E-state index in [1.54, 1.807) is 17.0 Å². The van der Waals surface area contributed by atoms with Crippen LogP contribution in [0.2, 0.25) is 0 Å².